The van der Waals surface area contributed by atoms with Crippen LogP contribution in [-0.2, 0) is 18.6 Å². The lowest BCUT2D eigenvalue weighted by atomic mass is 10.0. The van der Waals surface area contributed by atoms with Gasteiger partial charge in [-0.1, -0.05) is 41.5 Å². The summed E-state index contributed by atoms with van der Waals surface area (Å²) < 4.78 is 20.2. The Hall–Kier alpha value is -0.620. The van der Waals surface area contributed by atoms with E-state index in [9.17, 15) is 14.5 Å². The average molecular weight is 488 g/mol. The first kappa shape index (κ1) is 33.6. The number of nitrogens with one attached hydrogen (secondary N) is 1. The maximum absolute atomic E-state index is 10.9. The molecule has 0 unspecified atom stereocenters. The molecule has 1 rings (SSSR count). The number of rotatable bonds is 10. The number of aliphatic hydroxyl groups is 2. The minimum absolute atomic E-state index is 0.0163. The first-order valence-corrected chi connectivity index (χ1v) is 12.9. The molecular formula is C20H46N3O8P. The van der Waals surface area contributed by atoms with Gasteiger partial charge in [0, 0.05) is 13.3 Å². The molecule has 0 spiro atoms. The van der Waals surface area contributed by atoms with Gasteiger partial charge in [-0.05, 0) is 39.3 Å². The number of carbonyl (C=O) groups is 1. The van der Waals surface area contributed by atoms with Crippen LogP contribution in [0.4, 0.5) is 0 Å². The van der Waals surface area contributed by atoms with Crippen LogP contribution in [0.1, 0.15) is 54.9 Å². The number of aliphatic hydroxyl groups excluding tert-OH is 2. The van der Waals surface area contributed by atoms with Gasteiger partial charge in [0.2, 0.25) is 5.91 Å². The van der Waals surface area contributed by atoms with Crippen LogP contribution in [-0.4, -0.2) is 106 Å². The van der Waals surface area contributed by atoms with Crippen LogP contribution in [0.2, 0.25) is 0 Å². The van der Waals surface area contributed by atoms with Gasteiger partial charge in [-0.3, -0.25) is 9.32 Å². The van der Waals surface area contributed by atoms with Crippen LogP contribution in [0.5, 0.6) is 0 Å². The molecule has 1 amide bonds. The number of phosphoric ester groups is 1. The summed E-state index contributed by atoms with van der Waals surface area (Å²) in [7, 11) is -4.85. The van der Waals surface area contributed by atoms with Crippen LogP contribution in [0.3, 0.4) is 0 Å². The Labute approximate surface area is 193 Å². The Morgan fingerprint density at radius 2 is 1.41 bits per heavy atom. The number of nitrogens with zero attached hydrogens (tertiary/aromatic N) is 2. The van der Waals surface area contributed by atoms with Gasteiger partial charge in [-0.25, -0.2) is 4.57 Å². The zero-order valence-corrected chi connectivity index (χ0v) is 21.6. The molecule has 0 aromatic carbocycles. The molecule has 1 heterocycles. The van der Waals surface area contributed by atoms with E-state index in [2.05, 4.69) is 61.2 Å². The maximum Gasteiger partial charge on any atom is 0.472 e. The van der Waals surface area contributed by atoms with E-state index in [4.69, 9.17) is 19.6 Å². The molecule has 12 heteroatoms. The molecule has 4 atom stereocenters. The molecule has 1 aliphatic heterocycles. The maximum atomic E-state index is 10.9. The minimum atomic E-state index is -4.85. The number of hydrogen-bond donors (Lipinski definition) is 5. The SMILES string of the molecule is CC(=O)N[C@H]1[C@@H](OP(=O)(O)O)O[C@H](CO)C[C@@H]1O.CCN(CC)CC.CCN(CC)CC. The first-order chi connectivity index (χ1) is 14.9. The van der Waals surface area contributed by atoms with Gasteiger partial charge in [0.05, 0.1) is 18.8 Å². The van der Waals surface area contributed by atoms with E-state index in [1.165, 1.54) is 46.2 Å². The average Bonchev–Trinajstić information content (AvgIpc) is 2.72. The minimum Gasteiger partial charge on any atom is -0.394 e. The summed E-state index contributed by atoms with van der Waals surface area (Å²) in [6.07, 6.45) is -3.48. The number of phosphoric acid groups is 1. The fourth-order valence-corrected chi connectivity index (χ4v) is 3.46. The fourth-order valence-electron chi connectivity index (χ4n) is 3.01. The second kappa shape index (κ2) is 18.8. The molecule has 0 radical (unpaired) electrons. The van der Waals surface area contributed by atoms with Crippen LogP contribution < -0.4 is 5.32 Å². The van der Waals surface area contributed by atoms with Crippen molar-refractivity contribution >= 4 is 13.7 Å². The standard InChI is InChI=1S/C8H16NO8P.2C6H15N/c1-4(11)9-7-6(12)2-5(3-10)16-8(7)17-18(13,14)15;2*1-4-7(5-2)6-3/h5-8,10,12H,2-3H2,1H3,(H,9,11)(H2,13,14,15);2*4-6H2,1-3H3/t5-,6-,7+,8+;;/m0../s1. The topological polar surface area (TPSA) is 152 Å². The number of carbonyl (C=O) groups excluding carboxylic acids is 1. The van der Waals surface area contributed by atoms with E-state index in [0.717, 1.165) is 0 Å². The molecule has 194 valence electrons. The van der Waals surface area contributed by atoms with Crippen LogP contribution in [0, 0.1) is 0 Å². The lowest BCUT2D eigenvalue weighted by Gasteiger charge is -2.38. The van der Waals surface area contributed by atoms with Gasteiger partial charge in [-0.2, -0.15) is 0 Å². The second-order valence-electron chi connectivity index (χ2n) is 7.17. The Morgan fingerprint density at radius 1 is 1.00 bits per heavy atom. The highest BCUT2D eigenvalue weighted by molar-refractivity contribution is 7.46. The Balaban J connectivity index is 0. The van der Waals surface area contributed by atoms with Crippen molar-refractivity contribution in [1.82, 2.24) is 15.1 Å². The quantitative estimate of drug-likeness (QED) is 0.279. The Bertz CT molecular complexity index is 492. The van der Waals surface area contributed by atoms with Crippen molar-refractivity contribution in [3.63, 3.8) is 0 Å². The van der Waals surface area contributed by atoms with Gasteiger partial charge < -0.3 is 39.9 Å². The van der Waals surface area contributed by atoms with Crippen molar-refractivity contribution in [2.75, 3.05) is 45.9 Å². The molecule has 11 nitrogen and oxygen atoms in total. The summed E-state index contributed by atoms with van der Waals surface area (Å²) in [6, 6.07) is -1.11. The molecule has 1 aliphatic rings. The third kappa shape index (κ3) is 16.1. The highest BCUT2D eigenvalue weighted by atomic mass is 31.2. The molecule has 0 aromatic heterocycles. The second-order valence-corrected chi connectivity index (χ2v) is 8.37. The van der Waals surface area contributed by atoms with E-state index < -0.39 is 44.9 Å². The first-order valence-electron chi connectivity index (χ1n) is 11.3. The molecule has 1 saturated heterocycles. The lowest BCUT2D eigenvalue weighted by molar-refractivity contribution is -0.207. The van der Waals surface area contributed by atoms with Gasteiger partial charge in [0.1, 0.15) is 6.04 Å². The van der Waals surface area contributed by atoms with E-state index in [-0.39, 0.29) is 6.42 Å². The smallest absolute Gasteiger partial charge is 0.394 e. The summed E-state index contributed by atoms with van der Waals surface area (Å²) in [5.74, 6) is -0.510. The number of hydrogen-bond acceptors (Lipinski definition) is 8. The summed E-state index contributed by atoms with van der Waals surface area (Å²) in [4.78, 5) is 33.1. The molecule has 0 aromatic rings. The lowest BCUT2D eigenvalue weighted by Crippen LogP contribution is -2.57. The Morgan fingerprint density at radius 3 is 1.66 bits per heavy atom. The zero-order chi connectivity index (χ0) is 25.3. The van der Waals surface area contributed by atoms with Crippen molar-refractivity contribution in [2.45, 2.75) is 79.4 Å². The number of amides is 1. The normalized spacial score (nSPS) is 23.2. The van der Waals surface area contributed by atoms with Gasteiger partial charge in [0.15, 0.2) is 6.29 Å². The van der Waals surface area contributed by atoms with Crippen LogP contribution in [0.25, 0.3) is 0 Å². The van der Waals surface area contributed by atoms with Crippen LogP contribution >= 0.6 is 7.82 Å². The van der Waals surface area contributed by atoms with Crippen LogP contribution in [0.15, 0.2) is 0 Å². The molecule has 32 heavy (non-hydrogen) atoms. The molecule has 0 aliphatic carbocycles. The zero-order valence-electron chi connectivity index (χ0n) is 20.7. The monoisotopic (exact) mass is 487 g/mol. The Kier molecular flexibility index (Phi) is 19.7. The van der Waals surface area contributed by atoms with Crippen molar-refractivity contribution in [1.29, 1.82) is 0 Å². The van der Waals surface area contributed by atoms with Crippen molar-refractivity contribution in [3.8, 4) is 0 Å². The van der Waals surface area contributed by atoms with Crippen molar-refractivity contribution in [2.24, 2.45) is 0 Å². The summed E-state index contributed by atoms with van der Waals surface area (Å²) in [6.45, 7) is 21.0. The van der Waals surface area contributed by atoms with E-state index in [1.807, 2.05) is 0 Å². The predicted molar refractivity (Wildman–Crippen MR) is 124 cm³/mol. The third-order valence-corrected chi connectivity index (χ3v) is 5.52. The van der Waals surface area contributed by atoms with E-state index in [0.29, 0.717) is 0 Å². The summed E-state index contributed by atoms with van der Waals surface area (Å²) in [5, 5.41) is 21.0. The molecular weight excluding hydrogens is 441 g/mol. The van der Waals surface area contributed by atoms with Crippen molar-refractivity contribution < 1.29 is 38.6 Å². The highest BCUT2D eigenvalue weighted by Crippen LogP contribution is 2.40. The largest absolute Gasteiger partial charge is 0.472 e. The van der Waals surface area contributed by atoms with Gasteiger partial charge in [-0.15, -0.1) is 0 Å². The number of ether oxygens (including phenoxy) is 1. The molecule has 0 saturated carbocycles. The molecule has 5 N–H and O–H groups in total. The highest BCUT2D eigenvalue weighted by Gasteiger charge is 2.42. The fraction of sp³-hybridized carbons (Fsp3) is 0.950. The summed E-state index contributed by atoms with van der Waals surface area (Å²) >= 11 is 0. The van der Waals surface area contributed by atoms with E-state index in [1.54, 1.807) is 0 Å². The predicted octanol–water partition coefficient (Wildman–Crippen LogP) is 0.765. The summed E-state index contributed by atoms with van der Waals surface area (Å²) in [5.41, 5.74) is 0. The third-order valence-electron chi connectivity index (χ3n) is 5.04. The molecule has 0 bridgehead atoms. The molecule has 1 fully saturated rings. The van der Waals surface area contributed by atoms with Gasteiger partial charge >= 0.3 is 7.82 Å². The van der Waals surface area contributed by atoms with Gasteiger partial charge in [0.25, 0.3) is 0 Å². The van der Waals surface area contributed by atoms with Crippen molar-refractivity contribution in [3.05, 3.63) is 0 Å². The van der Waals surface area contributed by atoms with E-state index >= 15 is 0 Å².